The van der Waals surface area contributed by atoms with Gasteiger partial charge in [0.1, 0.15) is 17.5 Å². The lowest BCUT2D eigenvalue weighted by molar-refractivity contribution is 0.194. The molecule has 2 saturated heterocycles. The van der Waals surface area contributed by atoms with Crippen LogP contribution in [-0.4, -0.2) is 50.7 Å². The lowest BCUT2D eigenvalue weighted by Crippen LogP contribution is -2.35. The van der Waals surface area contributed by atoms with E-state index in [9.17, 15) is 4.39 Å². The van der Waals surface area contributed by atoms with Crippen LogP contribution in [0.1, 0.15) is 48.8 Å². The summed E-state index contributed by atoms with van der Waals surface area (Å²) in [5.74, 6) is 2.42. The van der Waals surface area contributed by atoms with Gasteiger partial charge in [0.2, 0.25) is 0 Å². The van der Waals surface area contributed by atoms with Crippen molar-refractivity contribution >= 4 is 0 Å². The van der Waals surface area contributed by atoms with Gasteiger partial charge in [-0.15, -0.1) is 10.2 Å². The molecule has 5 nitrogen and oxygen atoms in total. The van der Waals surface area contributed by atoms with Crippen molar-refractivity contribution in [3.63, 3.8) is 0 Å². The molecule has 2 fully saturated rings. The van der Waals surface area contributed by atoms with Gasteiger partial charge >= 0.3 is 0 Å². The van der Waals surface area contributed by atoms with E-state index in [0.717, 1.165) is 56.2 Å². The van der Waals surface area contributed by atoms with E-state index in [0.29, 0.717) is 5.92 Å². The molecule has 0 amide bonds. The zero-order valence-corrected chi connectivity index (χ0v) is 15.6. The molecule has 6 heteroatoms. The number of halogens is 1. The fraction of sp³-hybridized carbons (Fsp3) is 0.600. The predicted octanol–water partition coefficient (Wildman–Crippen LogP) is 2.93. The molecule has 4 rings (SSSR count). The molecule has 26 heavy (non-hydrogen) atoms. The van der Waals surface area contributed by atoms with E-state index in [1.165, 1.54) is 32.0 Å². The van der Waals surface area contributed by atoms with Gasteiger partial charge in [0, 0.05) is 26.1 Å². The number of likely N-dealkylation sites (tertiary alicyclic amines) is 2. The first kappa shape index (κ1) is 17.6. The minimum atomic E-state index is -0.157. The minimum Gasteiger partial charge on any atom is -0.317 e. The maximum absolute atomic E-state index is 13.4. The molecule has 0 unspecified atom stereocenters. The number of piperidine rings is 1. The van der Waals surface area contributed by atoms with Crippen LogP contribution >= 0.6 is 0 Å². The smallest absolute Gasteiger partial charge is 0.146 e. The largest absolute Gasteiger partial charge is 0.317 e. The van der Waals surface area contributed by atoms with Gasteiger partial charge in [-0.05, 0) is 63.0 Å². The van der Waals surface area contributed by atoms with Gasteiger partial charge in [0.25, 0.3) is 0 Å². The van der Waals surface area contributed by atoms with E-state index in [1.807, 2.05) is 6.07 Å². The van der Waals surface area contributed by atoms with Crippen molar-refractivity contribution in [2.24, 2.45) is 7.05 Å². The van der Waals surface area contributed by atoms with Crippen molar-refractivity contribution in [2.75, 3.05) is 26.2 Å². The quantitative estimate of drug-likeness (QED) is 0.825. The Hall–Kier alpha value is -1.79. The molecule has 2 aromatic rings. The summed E-state index contributed by atoms with van der Waals surface area (Å²) in [6, 6.07) is 6.94. The van der Waals surface area contributed by atoms with Gasteiger partial charge in [-0.1, -0.05) is 12.1 Å². The van der Waals surface area contributed by atoms with Gasteiger partial charge in [-0.2, -0.15) is 0 Å². The predicted molar refractivity (Wildman–Crippen MR) is 99.2 cm³/mol. The average molecular weight is 357 g/mol. The Morgan fingerprint density at radius 3 is 2.65 bits per heavy atom. The van der Waals surface area contributed by atoms with Crippen LogP contribution in [0, 0.1) is 5.82 Å². The second-order valence-electron chi connectivity index (χ2n) is 7.72. The van der Waals surface area contributed by atoms with E-state index in [4.69, 9.17) is 0 Å². The van der Waals surface area contributed by atoms with E-state index in [-0.39, 0.29) is 5.82 Å². The molecule has 0 bridgehead atoms. The number of benzene rings is 1. The fourth-order valence-electron chi connectivity index (χ4n) is 4.31. The Morgan fingerprint density at radius 2 is 1.85 bits per heavy atom. The summed E-state index contributed by atoms with van der Waals surface area (Å²) in [5.41, 5.74) is 1.04. The summed E-state index contributed by atoms with van der Waals surface area (Å²) >= 11 is 0. The molecule has 1 aromatic carbocycles. The van der Waals surface area contributed by atoms with Gasteiger partial charge < -0.3 is 4.57 Å². The van der Waals surface area contributed by atoms with Crippen molar-refractivity contribution in [1.29, 1.82) is 0 Å². The summed E-state index contributed by atoms with van der Waals surface area (Å²) in [6.45, 7) is 6.08. The zero-order valence-electron chi connectivity index (χ0n) is 15.6. The van der Waals surface area contributed by atoms with Gasteiger partial charge in [-0.25, -0.2) is 4.39 Å². The van der Waals surface area contributed by atoms with Gasteiger partial charge in [0.15, 0.2) is 0 Å². The molecular formula is C20H28FN5. The molecule has 0 aliphatic carbocycles. The van der Waals surface area contributed by atoms with Crippen molar-refractivity contribution in [2.45, 2.75) is 44.7 Å². The molecule has 1 atom stereocenters. The summed E-state index contributed by atoms with van der Waals surface area (Å²) in [6.07, 6.45) is 4.88. The number of rotatable bonds is 5. The lowest BCUT2D eigenvalue weighted by atomic mass is 9.96. The Labute approximate surface area is 154 Å². The second-order valence-corrected chi connectivity index (χ2v) is 7.72. The third-order valence-corrected chi connectivity index (χ3v) is 5.73. The number of hydrogen-bond acceptors (Lipinski definition) is 4. The molecule has 140 valence electrons. The highest BCUT2D eigenvalue weighted by atomic mass is 19.1. The van der Waals surface area contributed by atoms with Crippen LogP contribution in [-0.2, 0) is 20.1 Å². The van der Waals surface area contributed by atoms with Crippen molar-refractivity contribution < 1.29 is 4.39 Å². The van der Waals surface area contributed by atoms with Crippen LogP contribution in [0.2, 0.25) is 0 Å². The van der Waals surface area contributed by atoms with E-state index >= 15 is 0 Å². The van der Waals surface area contributed by atoms with Crippen molar-refractivity contribution in [1.82, 2.24) is 24.6 Å². The average Bonchev–Trinajstić information content (AvgIpc) is 3.26. The summed E-state index contributed by atoms with van der Waals surface area (Å²) in [5, 5.41) is 9.01. The van der Waals surface area contributed by atoms with E-state index in [2.05, 4.69) is 31.6 Å². The zero-order chi connectivity index (χ0) is 17.9. The maximum Gasteiger partial charge on any atom is 0.146 e. The fourth-order valence-corrected chi connectivity index (χ4v) is 4.31. The summed E-state index contributed by atoms with van der Waals surface area (Å²) in [7, 11) is 2.10. The molecule has 2 aliphatic heterocycles. The van der Waals surface area contributed by atoms with Crippen LogP contribution in [0.4, 0.5) is 4.39 Å². The lowest BCUT2D eigenvalue weighted by Gasteiger charge is -2.32. The Balaban J connectivity index is 1.41. The molecule has 0 N–H and O–H groups in total. The third kappa shape index (κ3) is 3.96. The normalized spacial score (nSPS) is 22.2. The number of aromatic nitrogens is 3. The second kappa shape index (κ2) is 7.84. The summed E-state index contributed by atoms with van der Waals surface area (Å²) in [4.78, 5) is 4.88. The first-order chi connectivity index (χ1) is 12.7. The van der Waals surface area contributed by atoms with Crippen molar-refractivity contribution in [3.05, 3.63) is 47.3 Å². The molecule has 0 spiro atoms. The van der Waals surface area contributed by atoms with Crippen LogP contribution in [0.3, 0.4) is 0 Å². The van der Waals surface area contributed by atoms with Crippen LogP contribution in [0.5, 0.6) is 0 Å². The van der Waals surface area contributed by atoms with E-state index < -0.39 is 0 Å². The molecule has 0 radical (unpaired) electrons. The monoisotopic (exact) mass is 357 g/mol. The van der Waals surface area contributed by atoms with E-state index in [1.54, 1.807) is 12.1 Å². The highest BCUT2D eigenvalue weighted by Crippen LogP contribution is 2.27. The standard InChI is InChI=1S/C20H28FN5/c1-24-19(15-25-9-2-3-10-25)22-23-20(24)17-7-5-11-26(14-17)13-16-6-4-8-18(21)12-16/h4,6,8,12,17H,2-3,5,7,9-11,13-15H2,1H3/t17-/m0/s1. The molecular weight excluding hydrogens is 329 g/mol. The molecule has 1 aromatic heterocycles. The molecule has 2 aliphatic rings. The third-order valence-electron chi connectivity index (χ3n) is 5.73. The minimum absolute atomic E-state index is 0.157. The van der Waals surface area contributed by atoms with Crippen LogP contribution < -0.4 is 0 Å². The molecule has 0 saturated carbocycles. The van der Waals surface area contributed by atoms with Crippen LogP contribution in [0.15, 0.2) is 24.3 Å². The van der Waals surface area contributed by atoms with Gasteiger partial charge in [0.05, 0.1) is 6.54 Å². The SMILES string of the molecule is Cn1c(CN2CCCC2)nnc1[C@H]1CCCN(Cc2cccc(F)c2)C1. The number of nitrogens with zero attached hydrogens (tertiary/aromatic N) is 5. The van der Waals surface area contributed by atoms with Crippen molar-refractivity contribution in [3.8, 4) is 0 Å². The Kier molecular flexibility index (Phi) is 5.31. The topological polar surface area (TPSA) is 37.2 Å². The Morgan fingerprint density at radius 1 is 1.04 bits per heavy atom. The van der Waals surface area contributed by atoms with Gasteiger partial charge in [-0.3, -0.25) is 9.80 Å². The summed E-state index contributed by atoms with van der Waals surface area (Å²) < 4.78 is 15.6. The first-order valence-corrected chi connectivity index (χ1v) is 9.76. The molecule has 3 heterocycles. The van der Waals surface area contributed by atoms with Crippen LogP contribution in [0.25, 0.3) is 0 Å². The number of hydrogen-bond donors (Lipinski definition) is 0. The Bertz CT molecular complexity index is 738. The highest BCUT2D eigenvalue weighted by molar-refractivity contribution is 5.16. The maximum atomic E-state index is 13.4. The highest BCUT2D eigenvalue weighted by Gasteiger charge is 2.26. The first-order valence-electron chi connectivity index (χ1n) is 9.76.